The molecule has 0 radical (unpaired) electrons. The van der Waals surface area contributed by atoms with E-state index in [0.29, 0.717) is 30.6 Å². The standard InChI is InChI=1S/C21H24N4O4/c1-14-4-5-15(21(27)23-17-6-7-17)13-19(14)24-20(26)3-2-12-22-16-8-10-18(11-9-16)25(28)29/h4-5,8-11,13,17,22H,2-3,6-7,12H2,1H3,(H,23,27)(H,24,26). The van der Waals surface area contributed by atoms with Crippen molar-refractivity contribution in [3.05, 3.63) is 63.7 Å². The molecule has 1 aliphatic rings. The molecule has 0 saturated heterocycles. The van der Waals surface area contributed by atoms with Crippen LogP contribution in [-0.2, 0) is 4.79 Å². The third kappa shape index (κ3) is 6.03. The van der Waals surface area contributed by atoms with Crippen LogP contribution in [0.4, 0.5) is 17.1 Å². The smallest absolute Gasteiger partial charge is 0.269 e. The maximum absolute atomic E-state index is 12.3. The molecule has 152 valence electrons. The zero-order valence-corrected chi connectivity index (χ0v) is 16.2. The highest BCUT2D eigenvalue weighted by Gasteiger charge is 2.24. The average Bonchev–Trinajstić information content (AvgIpc) is 3.51. The Kier molecular flexibility index (Phi) is 6.43. The van der Waals surface area contributed by atoms with Crippen molar-refractivity contribution in [3.63, 3.8) is 0 Å². The van der Waals surface area contributed by atoms with E-state index in [9.17, 15) is 19.7 Å². The third-order valence-corrected chi connectivity index (χ3v) is 4.67. The van der Waals surface area contributed by atoms with Gasteiger partial charge in [-0.05, 0) is 56.0 Å². The van der Waals surface area contributed by atoms with Crippen LogP contribution in [0.3, 0.4) is 0 Å². The molecular formula is C21H24N4O4. The Morgan fingerprint density at radius 3 is 2.52 bits per heavy atom. The van der Waals surface area contributed by atoms with Gasteiger partial charge in [0, 0.05) is 48.1 Å². The van der Waals surface area contributed by atoms with Crippen molar-refractivity contribution < 1.29 is 14.5 Å². The average molecular weight is 396 g/mol. The van der Waals surface area contributed by atoms with E-state index in [-0.39, 0.29) is 23.5 Å². The minimum Gasteiger partial charge on any atom is -0.385 e. The predicted molar refractivity (Wildman–Crippen MR) is 111 cm³/mol. The summed E-state index contributed by atoms with van der Waals surface area (Å²) in [6.45, 7) is 2.45. The van der Waals surface area contributed by atoms with Gasteiger partial charge in [-0.3, -0.25) is 19.7 Å². The first-order valence-electron chi connectivity index (χ1n) is 9.62. The number of nitrogens with one attached hydrogen (secondary N) is 3. The van der Waals surface area contributed by atoms with Gasteiger partial charge in [-0.2, -0.15) is 0 Å². The Balaban J connectivity index is 1.45. The largest absolute Gasteiger partial charge is 0.385 e. The lowest BCUT2D eigenvalue weighted by Crippen LogP contribution is -2.25. The Labute approximate surface area is 168 Å². The molecule has 0 atom stereocenters. The number of nitrogens with zero attached hydrogens (tertiary/aromatic N) is 1. The van der Waals surface area contributed by atoms with Crippen LogP contribution in [0.25, 0.3) is 0 Å². The molecule has 3 rings (SSSR count). The van der Waals surface area contributed by atoms with Gasteiger partial charge in [0.1, 0.15) is 0 Å². The molecule has 0 bridgehead atoms. The van der Waals surface area contributed by atoms with E-state index in [1.165, 1.54) is 12.1 Å². The molecule has 1 fully saturated rings. The van der Waals surface area contributed by atoms with Crippen molar-refractivity contribution in [2.24, 2.45) is 0 Å². The minimum atomic E-state index is -0.444. The quantitative estimate of drug-likeness (QED) is 0.340. The molecule has 0 aliphatic heterocycles. The number of carbonyl (C=O) groups is 2. The predicted octanol–water partition coefficient (Wildman–Crippen LogP) is 3.63. The highest BCUT2D eigenvalue weighted by molar-refractivity contribution is 5.98. The van der Waals surface area contributed by atoms with Gasteiger partial charge >= 0.3 is 0 Å². The SMILES string of the molecule is Cc1ccc(C(=O)NC2CC2)cc1NC(=O)CCCNc1ccc([N+](=O)[O-])cc1. The molecule has 2 amide bonds. The van der Waals surface area contributed by atoms with E-state index in [4.69, 9.17) is 0 Å². The van der Waals surface area contributed by atoms with E-state index in [2.05, 4.69) is 16.0 Å². The Hall–Kier alpha value is -3.42. The lowest BCUT2D eigenvalue weighted by molar-refractivity contribution is -0.384. The zero-order chi connectivity index (χ0) is 20.8. The van der Waals surface area contributed by atoms with Crippen LogP contribution in [0.2, 0.25) is 0 Å². The van der Waals surface area contributed by atoms with Gasteiger partial charge in [-0.25, -0.2) is 0 Å². The number of aryl methyl sites for hydroxylation is 1. The lowest BCUT2D eigenvalue weighted by Gasteiger charge is -2.11. The fraction of sp³-hybridized carbons (Fsp3) is 0.333. The number of hydrogen-bond donors (Lipinski definition) is 3. The fourth-order valence-electron chi connectivity index (χ4n) is 2.79. The van der Waals surface area contributed by atoms with Gasteiger partial charge in [0.15, 0.2) is 0 Å². The van der Waals surface area contributed by atoms with E-state index in [1.807, 2.05) is 13.0 Å². The molecule has 0 spiro atoms. The van der Waals surface area contributed by atoms with Crippen LogP contribution in [0.1, 0.15) is 41.6 Å². The van der Waals surface area contributed by atoms with Gasteiger partial charge in [0.25, 0.3) is 11.6 Å². The molecule has 0 heterocycles. The van der Waals surface area contributed by atoms with Crippen LogP contribution in [0, 0.1) is 17.0 Å². The molecule has 8 nitrogen and oxygen atoms in total. The maximum Gasteiger partial charge on any atom is 0.269 e. The molecular weight excluding hydrogens is 372 g/mol. The topological polar surface area (TPSA) is 113 Å². The van der Waals surface area contributed by atoms with Crippen molar-refractivity contribution in [2.45, 2.75) is 38.6 Å². The summed E-state index contributed by atoms with van der Waals surface area (Å²) in [6.07, 6.45) is 2.96. The van der Waals surface area contributed by atoms with E-state index >= 15 is 0 Å². The summed E-state index contributed by atoms with van der Waals surface area (Å²) in [5, 5.41) is 19.6. The van der Waals surface area contributed by atoms with Crippen LogP contribution < -0.4 is 16.0 Å². The van der Waals surface area contributed by atoms with Crippen LogP contribution in [0.15, 0.2) is 42.5 Å². The molecule has 3 N–H and O–H groups in total. The van der Waals surface area contributed by atoms with Crippen LogP contribution in [-0.4, -0.2) is 29.3 Å². The second-order valence-electron chi connectivity index (χ2n) is 7.16. The molecule has 0 unspecified atom stereocenters. The van der Waals surface area contributed by atoms with Crippen LogP contribution >= 0.6 is 0 Å². The summed E-state index contributed by atoms with van der Waals surface area (Å²) in [6, 6.07) is 11.7. The first kappa shape index (κ1) is 20.3. The summed E-state index contributed by atoms with van der Waals surface area (Å²) in [7, 11) is 0. The van der Waals surface area contributed by atoms with Crippen molar-refractivity contribution >= 4 is 28.9 Å². The van der Waals surface area contributed by atoms with Gasteiger partial charge in [0.2, 0.25) is 5.91 Å². The molecule has 1 aliphatic carbocycles. The third-order valence-electron chi connectivity index (χ3n) is 4.67. The van der Waals surface area contributed by atoms with E-state index in [0.717, 1.165) is 24.1 Å². The Morgan fingerprint density at radius 1 is 1.14 bits per heavy atom. The summed E-state index contributed by atoms with van der Waals surface area (Å²) in [5.74, 6) is -0.242. The van der Waals surface area contributed by atoms with Crippen molar-refractivity contribution in [3.8, 4) is 0 Å². The molecule has 0 aromatic heterocycles. The first-order valence-corrected chi connectivity index (χ1v) is 9.62. The number of benzene rings is 2. The molecule has 8 heteroatoms. The highest BCUT2D eigenvalue weighted by Crippen LogP contribution is 2.21. The van der Waals surface area contributed by atoms with Crippen LogP contribution in [0.5, 0.6) is 0 Å². The Morgan fingerprint density at radius 2 is 1.86 bits per heavy atom. The molecule has 2 aromatic rings. The molecule has 29 heavy (non-hydrogen) atoms. The van der Waals surface area contributed by atoms with Gasteiger partial charge in [0.05, 0.1) is 4.92 Å². The lowest BCUT2D eigenvalue weighted by atomic mass is 10.1. The summed E-state index contributed by atoms with van der Waals surface area (Å²) < 4.78 is 0. The number of anilines is 2. The minimum absolute atomic E-state index is 0.0401. The second-order valence-corrected chi connectivity index (χ2v) is 7.16. The highest BCUT2D eigenvalue weighted by atomic mass is 16.6. The van der Waals surface area contributed by atoms with Gasteiger partial charge in [-0.15, -0.1) is 0 Å². The maximum atomic E-state index is 12.3. The normalized spacial score (nSPS) is 12.9. The van der Waals surface area contributed by atoms with Crippen molar-refractivity contribution in [2.75, 3.05) is 17.2 Å². The summed E-state index contributed by atoms with van der Waals surface area (Å²) in [5.41, 5.74) is 2.88. The number of nitro groups is 1. The van der Waals surface area contributed by atoms with E-state index < -0.39 is 4.92 Å². The number of carbonyl (C=O) groups excluding carboxylic acids is 2. The first-order chi connectivity index (χ1) is 13.9. The Bertz CT molecular complexity index is 907. The second kappa shape index (κ2) is 9.18. The number of nitro benzene ring substituents is 1. The monoisotopic (exact) mass is 396 g/mol. The van der Waals surface area contributed by atoms with Gasteiger partial charge < -0.3 is 16.0 Å². The number of rotatable bonds is 9. The number of amides is 2. The fourth-order valence-corrected chi connectivity index (χ4v) is 2.79. The number of hydrogen-bond acceptors (Lipinski definition) is 5. The van der Waals surface area contributed by atoms with Gasteiger partial charge in [-0.1, -0.05) is 6.07 Å². The van der Waals surface area contributed by atoms with E-state index in [1.54, 1.807) is 24.3 Å². The summed E-state index contributed by atoms with van der Waals surface area (Å²) >= 11 is 0. The molecule has 2 aromatic carbocycles. The zero-order valence-electron chi connectivity index (χ0n) is 16.2. The summed E-state index contributed by atoms with van der Waals surface area (Å²) in [4.78, 5) is 34.6. The van der Waals surface area contributed by atoms with Crippen molar-refractivity contribution in [1.82, 2.24) is 5.32 Å². The number of non-ortho nitro benzene ring substituents is 1. The molecule has 1 saturated carbocycles. The van der Waals surface area contributed by atoms with Crippen molar-refractivity contribution in [1.29, 1.82) is 0 Å².